The van der Waals surface area contributed by atoms with E-state index in [1.165, 1.54) is 24.0 Å². The van der Waals surface area contributed by atoms with Crippen LogP contribution >= 0.6 is 0 Å². The molecule has 1 fully saturated rings. The van der Waals surface area contributed by atoms with Gasteiger partial charge in [-0.05, 0) is 88.9 Å². The van der Waals surface area contributed by atoms with Crippen LogP contribution in [0.15, 0.2) is 45.2 Å². The summed E-state index contributed by atoms with van der Waals surface area (Å²) in [6.45, 7) is 15.0. The summed E-state index contributed by atoms with van der Waals surface area (Å²) in [5, 5.41) is 9.44. The third-order valence-electron chi connectivity index (χ3n) is 4.29. The molecule has 0 aromatic carbocycles. The van der Waals surface area contributed by atoms with Crippen LogP contribution in [0.25, 0.3) is 0 Å². The van der Waals surface area contributed by atoms with E-state index in [2.05, 4.69) is 28.5 Å². The highest BCUT2D eigenvalue weighted by atomic mass is 16.3. The smallest absolute Gasteiger partial charge is 0.0644 e. The van der Waals surface area contributed by atoms with Crippen molar-refractivity contribution in [3.05, 3.63) is 35.2 Å². The van der Waals surface area contributed by atoms with E-state index < -0.39 is 0 Å². The third kappa shape index (κ3) is 7.84. The molecule has 1 aliphatic rings. The molecule has 134 valence electrons. The maximum absolute atomic E-state index is 9.44. The number of hydrogen-bond acceptors (Lipinski definition) is 4. The zero-order valence-electron chi connectivity index (χ0n) is 15.8. The first kappa shape index (κ1) is 20.5. The van der Waals surface area contributed by atoms with Crippen molar-refractivity contribution in [2.45, 2.75) is 47.0 Å². The van der Waals surface area contributed by atoms with Gasteiger partial charge < -0.3 is 5.11 Å². The first-order valence-electron chi connectivity index (χ1n) is 8.77. The highest BCUT2D eigenvalue weighted by Crippen LogP contribution is 2.26. The molecular formula is C20H33N3O. The van der Waals surface area contributed by atoms with Gasteiger partial charge in [0.2, 0.25) is 0 Å². The molecule has 0 bridgehead atoms. The number of aliphatic hydroxyl groups is 1. The van der Waals surface area contributed by atoms with Crippen molar-refractivity contribution in [3.8, 4) is 0 Å². The topological polar surface area (TPSA) is 48.2 Å². The van der Waals surface area contributed by atoms with Crippen molar-refractivity contribution in [2.75, 3.05) is 26.2 Å². The van der Waals surface area contributed by atoms with Gasteiger partial charge in [0.05, 0.1) is 6.61 Å². The van der Waals surface area contributed by atoms with E-state index >= 15 is 0 Å². The molecule has 4 nitrogen and oxygen atoms in total. The van der Waals surface area contributed by atoms with E-state index in [1.54, 1.807) is 6.20 Å². The van der Waals surface area contributed by atoms with Gasteiger partial charge in [0.1, 0.15) is 0 Å². The average Bonchev–Trinajstić information content (AvgIpc) is 2.56. The van der Waals surface area contributed by atoms with Gasteiger partial charge >= 0.3 is 0 Å². The van der Waals surface area contributed by atoms with E-state index in [4.69, 9.17) is 0 Å². The maximum Gasteiger partial charge on any atom is 0.0644 e. The molecule has 0 aromatic heterocycles. The second-order valence-electron chi connectivity index (χ2n) is 6.96. The Balaban J connectivity index is 2.68. The van der Waals surface area contributed by atoms with Crippen LogP contribution < -0.4 is 0 Å². The molecular weight excluding hydrogens is 298 g/mol. The van der Waals surface area contributed by atoms with E-state index in [1.807, 2.05) is 33.0 Å². The summed E-state index contributed by atoms with van der Waals surface area (Å²) < 4.78 is 0. The van der Waals surface area contributed by atoms with Crippen LogP contribution in [0, 0.1) is 5.92 Å². The predicted molar refractivity (Wildman–Crippen MR) is 105 cm³/mol. The van der Waals surface area contributed by atoms with Crippen molar-refractivity contribution in [3.63, 3.8) is 0 Å². The molecule has 1 saturated heterocycles. The Morgan fingerprint density at radius 2 is 2.04 bits per heavy atom. The molecule has 1 rings (SSSR count). The molecule has 0 aromatic rings. The van der Waals surface area contributed by atoms with Crippen molar-refractivity contribution in [2.24, 2.45) is 15.9 Å². The second-order valence-corrected chi connectivity index (χ2v) is 6.96. The quantitative estimate of drug-likeness (QED) is 0.540. The lowest BCUT2D eigenvalue weighted by atomic mass is 9.89. The SMILES string of the molecule is C=N/C=C\C(CC1CCCN(C/C(C)=C/N=C(C)C)C1)=C(\C)CO. The van der Waals surface area contributed by atoms with Crippen molar-refractivity contribution in [1.29, 1.82) is 0 Å². The summed E-state index contributed by atoms with van der Waals surface area (Å²) in [7, 11) is 0. The number of hydrogen-bond donors (Lipinski definition) is 1. The fourth-order valence-corrected chi connectivity index (χ4v) is 3.03. The summed E-state index contributed by atoms with van der Waals surface area (Å²) >= 11 is 0. The Labute approximate surface area is 147 Å². The number of piperidine rings is 1. The number of nitrogens with zero attached hydrogens (tertiary/aromatic N) is 3. The van der Waals surface area contributed by atoms with Gasteiger partial charge in [-0.3, -0.25) is 14.9 Å². The van der Waals surface area contributed by atoms with Crippen LogP contribution in [0.4, 0.5) is 0 Å². The molecule has 1 aliphatic heterocycles. The Morgan fingerprint density at radius 1 is 1.29 bits per heavy atom. The van der Waals surface area contributed by atoms with Gasteiger partial charge in [0, 0.05) is 31.2 Å². The molecule has 24 heavy (non-hydrogen) atoms. The van der Waals surface area contributed by atoms with Crippen molar-refractivity contribution in [1.82, 2.24) is 4.90 Å². The Kier molecular flexibility index (Phi) is 9.50. The fraction of sp³-hybridized carbons (Fsp3) is 0.600. The van der Waals surface area contributed by atoms with Gasteiger partial charge in [-0.25, -0.2) is 0 Å². The standard InChI is InChI=1S/C20H33N3O/c1-16(2)22-12-17(3)13-23-10-6-7-19(14-23)11-20(8-9-21-5)18(4)15-24/h8-9,12,19,24H,5-7,10-11,13-15H2,1-4H3/b9-8-,17-12+,20-18+. The summed E-state index contributed by atoms with van der Waals surface area (Å²) in [5.41, 5.74) is 4.60. The van der Waals surface area contributed by atoms with Crippen LogP contribution in [-0.4, -0.2) is 48.7 Å². The van der Waals surface area contributed by atoms with Gasteiger partial charge in [-0.15, -0.1) is 0 Å². The van der Waals surface area contributed by atoms with Crippen LogP contribution in [0.5, 0.6) is 0 Å². The van der Waals surface area contributed by atoms with Gasteiger partial charge in [-0.1, -0.05) is 0 Å². The minimum Gasteiger partial charge on any atom is -0.392 e. The molecule has 0 saturated carbocycles. The molecule has 4 heteroatoms. The van der Waals surface area contributed by atoms with E-state index in [0.29, 0.717) is 5.92 Å². The number of rotatable bonds is 8. The van der Waals surface area contributed by atoms with Crippen LogP contribution in [-0.2, 0) is 0 Å². The van der Waals surface area contributed by atoms with Crippen LogP contribution in [0.1, 0.15) is 47.0 Å². The molecule has 0 aliphatic carbocycles. The molecule has 0 amide bonds. The summed E-state index contributed by atoms with van der Waals surface area (Å²) in [6.07, 6.45) is 9.14. The first-order valence-corrected chi connectivity index (χ1v) is 8.77. The lowest BCUT2D eigenvalue weighted by Crippen LogP contribution is -2.36. The monoisotopic (exact) mass is 331 g/mol. The molecule has 1 atom stereocenters. The second kappa shape index (κ2) is 11.1. The number of aliphatic hydroxyl groups excluding tert-OH is 1. The highest BCUT2D eigenvalue weighted by molar-refractivity contribution is 5.79. The van der Waals surface area contributed by atoms with E-state index in [9.17, 15) is 5.11 Å². The lowest BCUT2D eigenvalue weighted by molar-refractivity contribution is 0.187. The van der Waals surface area contributed by atoms with Crippen LogP contribution in [0.3, 0.4) is 0 Å². The maximum atomic E-state index is 9.44. The Hall–Kier alpha value is -1.52. The van der Waals surface area contributed by atoms with Gasteiger partial charge in [-0.2, -0.15) is 0 Å². The minimum absolute atomic E-state index is 0.101. The van der Waals surface area contributed by atoms with Crippen LogP contribution in [0.2, 0.25) is 0 Å². The Bertz CT molecular complexity index is 525. The largest absolute Gasteiger partial charge is 0.392 e. The van der Waals surface area contributed by atoms with Crippen molar-refractivity contribution < 1.29 is 5.11 Å². The molecule has 0 radical (unpaired) electrons. The fourth-order valence-electron chi connectivity index (χ4n) is 3.03. The number of likely N-dealkylation sites (tertiary alicyclic amines) is 1. The zero-order valence-corrected chi connectivity index (χ0v) is 15.8. The molecule has 1 N–H and O–H groups in total. The summed E-state index contributed by atoms with van der Waals surface area (Å²) in [4.78, 5) is 10.7. The lowest BCUT2D eigenvalue weighted by Gasteiger charge is -2.33. The minimum atomic E-state index is 0.101. The molecule has 0 spiro atoms. The normalized spacial score (nSPS) is 20.9. The predicted octanol–water partition coefficient (Wildman–Crippen LogP) is 4.00. The summed E-state index contributed by atoms with van der Waals surface area (Å²) in [6, 6.07) is 0. The highest BCUT2D eigenvalue weighted by Gasteiger charge is 2.21. The number of aliphatic imine (C=N–C) groups is 2. The van der Waals surface area contributed by atoms with Gasteiger partial charge in [0.25, 0.3) is 0 Å². The third-order valence-corrected chi connectivity index (χ3v) is 4.29. The Morgan fingerprint density at radius 3 is 2.67 bits per heavy atom. The zero-order chi connectivity index (χ0) is 17.9. The van der Waals surface area contributed by atoms with Crippen molar-refractivity contribution >= 4 is 12.4 Å². The molecule has 1 unspecified atom stereocenters. The number of allylic oxidation sites excluding steroid dienone is 2. The van der Waals surface area contributed by atoms with Gasteiger partial charge in [0.15, 0.2) is 0 Å². The average molecular weight is 332 g/mol. The summed E-state index contributed by atoms with van der Waals surface area (Å²) in [5.74, 6) is 0.619. The van der Waals surface area contributed by atoms with E-state index in [0.717, 1.165) is 37.3 Å². The molecule has 1 heterocycles. The first-order chi connectivity index (χ1) is 11.5. The van der Waals surface area contributed by atoms with E-state index in [-0.39, 0.29) is 6.61 Å².